The number of dihydropyridines is 1. The first-order valence-electron chi connectivity index (χ1n) is 12.8. The van der Waals surface area contributed by atoms with Crippen LogP contribution in [0.5, 0.6) is 5.75 Å². The number of rotatable bonds is 17. The number of hydrogen-bond donors (Lipinski definition) is 1. The quantitative estimate of drug-likeness (QED) is 0.250. The van der Waals surface area contributed by atoms with Crippen LogP contribution in [-0.4, -0.2) is 6.61 Å². The molecule has 31 heavy (non-hydrogen) atoms. The maximum atomic E-state index is 14.8. The zero-order valence-corrected chi connectivity index (χ0v) is 19.9. The van der Waals surface area contributed by atoms with Gasteiger partial charge in [-0.25, -0.2) is 4.39 Å². The Morgan fingerprint density at radius 2 is 1.45 bits per heavy atom. The van der Waals surface area contributed by atoms with Gasteiger partial charge in [0.1, 0.15) is 0 Å². The first-order valence-corrected chi connectivity index (χ1v) is 12.8. The number of benzene rings is 1. The molecule has 1 aliphatic rings. The first-order chi connectivity index (χ1) is 15.2. The molecule has 0 amide bonds. The van der Waals surface area contributed by atoms with E-state index in [-0.39, 0.29) is 11.4 Å². The van der Waals surface area contributed by atoms with Crippen LogP contribution in [0.4, 0.5) is 4.39 Å². The minimum absolute atomic E-state index is 0.258. The SMILES string of the molecule is CCCCCCCCCCC1(c2ccc(OCCCCCCC)c(F)c2)C=CC=CN1. The Hall–Kier alpha value is -1.77. The summed E-state index contributed by atoms with van der Waals surface area (Å²) in [7, 11) is 0. The van der Waals surface area contributed by atoms with Crippen molar-refractivity contribution in [3.8, 4) is 5.75 Å². The Labute approximate surface area is 190 Å². The molecule has 1 aromatic rings. The summed E-state index contributed by atoms with van der Waals surface area (Å²) in [6.07, 6.45) is 25.4. The van der Waals surface area contributed by atoms with Gasteiger partial charge in [0.25, 0.3) is 0 Å². The number of hydrogen-bond acceptors (Lipinski definition) is 2. The van der Waals surface area contributed by atoms with E-state index in [1.807, 2.05) is 18.3 Å². The van der Waals surface area contributed by atoms with Crippen LogP contribution in [0, 0.1) is 5.82 Å². The summed E-state index contributed by atoms with van der Waals surface area (Å²) < 4.78 is 20.5. The summed E-state index contributed by atoms with van der Waals surface area (Å²) in [6, 6.07) is 5.49. The monoisotopic (exact) mass is 429 g/mol. The second-order valence-electron chi connectivity index (χ2n) is 8.97. The maximum absolute atomic E-state index is 14.8. The van der Waals surface area contributed by atoms with E-state index >= 15 is 0 Å². The van der Waals surface area contributed by atoms with Crippen LogP contribution in [-0.2, 0) is 5.54 Å². The van der Waals surface area contributed by atoms with Gasteiger partial charge < -0.3 is 10.1 Å². The van der Waals surface area contributed by atoms with Crippen LogP contribution in [0.2, 0.25) is 0 Å². The molecule has 174 valence electrons. The lowest BCUT2D eigenvalue weighted by Crippen LogP contribution is -2.38. The summed E-state index contributed by atoms with van der Waals surface area (Å²) in [5, 5.41) is 3.51. The summed E-state index contributed by atoms with van der Waals surface area (Å²) in [5.41, 5.74) is 0.653. The minimum atomic E-state index is -0.323. The molecule has 1 heterocycles. The molecule has 0 fully saturated rings. The summed E-state index contributed by atoms with van der Waals surface area (Å²) in [5.74, 6) is 0.114. The summed E-state index contributed by atoms with van der Waals surface area (Å²) >= 11 is 0. The molecular weight excluding hydrogens is 385 g/mol. The highest BCUT2D eigenvalue weighted by molar-refractivity contribution is 5.38. The van der Waals surface area contributed by atoms with Gasteiger partial charge in [-0.2, -0.15) is 0 Å². The van der Waals surface area contributed by atoms with Gasteiger partial charge in [0.15, 0.2) is 11.6 Å². The highest BCUT2D eigenvalue weighted by Crippen LogP contribution is 2.33. The van der Waals surface area contributed by atoms with Gasteiger partial charge >= 0.3 is 0 Å². The molecule has 1 aliphatic heterocycles. The number of unbranched alkanes of at least 4 members (excludes halogenated alkanes) is 11. The fourth-order valence-electron chi connectivity index (χ4n) is 4.32. The Balaban J connectivity index is 1.86. The average molecular weight is 430 g/mol. The molecule has 1 atom stereocenters. The molecule has 0 spiro atoms. The van der Waals surface area contributed by atoms with E-state index in [4.69, 9.17) is 4.74 Å². The van der Waals surface area contributed by atoms with Gasteiger partial charge in [-0.15, -0.1) is 0 Å². The lowest BCUT2D eigenvalue weighted by molar-refractivity contribution is 0.289. The zero-order valence-electron chi connectivity index (χ0n) is 19.9. The van der Waals surface area contributed by atoms with Gasteiger partial charge in [-0.1, -0.05) is 109 Å². The number of allylic oxidation sites excluding steroid dienone is 2. The van der Waals surface area contributed by atoms with Crippen LogP contribution in [0.1, 0.15) is 109 Å². The molecule has 1 aromatic carbocycles. The lowest BCUT2D eigenvalue weighted by Gasteiger charge is -2.34. The predicted molar refractivity (Wildman–Crippen MR) is 131 cm³/mol. The van der Waals surface area contributed by atoms with Crippen molar-refractivity contribution in [2.45, 2.75) is 109 Å². The van der Waals surface area contributed by atoms with Crippen LogP contribution in [0.3, 0.4) is 0 Å². The Morgan fingerprint density at radius 1 is 0.806 bits per heavy atom. The fourth-order valence-corrected chi connectivity index (χ4v) is 4.32. The molecule has 1 N–H and O–H groups in total. The largest absolute Gasteiger partial charge is 0.491 e. The lowest BCUT2D eigenvalue weighted by atomic mass is 9.83. The molecule has 2 rings (SSSR count). The zero-order chi connectivity index (χ0) is 22.2. The second-order valence-corrected chi connectivity index (χ2v) is 8.97. The van der Waals surface area contributed by atoms with Crippen molar-refractivity contribution in [1.82, 2.24) is 5.32 Å². The third kappa shape index (κ3) is 9.09. The van der Waals surface area contributed by atoms with Gasteiger partial charge in [0, 0.05) is 0 Å². The van der Waals surface area contributed by atoms with E-state index in [2.05, 4.69) is 31.3 Å². The standard InChI is InChI=1S/C28H44FNO/c1-3-5-7-9-10-11-12-14-20-28(21-15-16-22-30-28)25-18-19-27(26(29)24-25)31-23-17-13-8-6-4-2/h15-16,18-19,21-22,24,30H,3-14,17,20,23H2,1-2H3. The van der Waals surface area contributed by atoms with Gasteiger partial charge in [0.05, 0.1) is 12.1 Å². The second kappa shape index (κ2) is 15.1. The number of halogens is 1. The summed E-state index contributed by atoms with van der Waals surface area (Å²) in [4.78, 5) is 0. The van der Waals surface area contributed by atoms with Crippen molar-refractivity contribution in [2.24, 2.45) is 0 Å². The third-order valence-electron chi connectivity index (χ3n) is 6.31. The van der Waals surface area contributed by atoms with Crippen molar-refractivity contribution in [3.63, 3.8) is 0 Å². The topological polar surface area (TPSA) is 21.3 Å². The Kier molecular flexibility index (Phi) is 12.4. The number of nitrogens with one attached hydrogen (secondary N) is 1. The van der Waals surface area contributed by atoms with E-state index in [0.717, 1.165) is 31.2 Å². The van der Waals surface area contributed by atoms with Crippen LogP contribution in [0.25, 0.3) is 0 Å². The van der Waals surface area contributed by atoms with Crippen molar-refractivity contribution < 1.29 is 9.13 Å². The molecule has 0 bridgehead atoms. The van der Waals surface area contributed by atoms with Crippen molar-refractivity contribution >= 4 is 0 Å². The van der Waals surface area contributed by atoms with E-state index < -0.39 is 0 Å². The maximum Gasteiger partial charge on any atom is 0.165 e. The normalized spacial score (nSPS) is 17.6. The number of ether oxygens (including phenoxy) is 1. The van der Waals surface area contributed by atoms with Crippen LogP contribution >= 0.6 is 0 Å². The average Bonchev–Trinajstić information content (AvgIpc) is 2.79. The van der Waals surface area contributed by atoms with Gasteiger partial charge in [0.2, 0.25) is 0 Å². The van der Waals surface area contributed by atoms with Gasteiger partial charge in [-0.05, 0) is 42.8 Å². The van der Waals surface area contributed by atoms with E-state index in [1.54, 1.807) is 12.1 Å². The fraction of sp³-hybridized carbons (Fsp3) is 0.643. The highest BCUT2D eigenvalue weighted by atomic mass is 19.1. The van der Waals surface area contributed by atoms with Crippen molar-refractivity contribution in [1.29, 1.82) is 0 Å². The molecule has 0 saturated carbocycles. The smallest absolute Gasteiger partial charge is 0.165 e. The summed E-state index contributed by atoms with van der Waals surface area (Å²) in [6.45, 7) is 5.06. The van der Waals surface area contributed by atoms with E-state index in [9.17, 15) is 4.39 Å². The van der Waals surface area contributed by atoms with Crippen molar-refractivity contribution in [3.05, 3.63) is 54.0 Å². The first kappa shape index (κ1) is 25.5. The molecule has 0 radical (unpaired) electrons. The molecule has 0 aliphatic carbocycles. The molecular formula is C28H44FNO. The Morgan fingerprint density at radius 3 is 2.06 bits per heavy atom. The van der Waals surface area contributed by atoms with Crippen LogP contribution < -0.4 is 10.1 Å². The van der Waals surface area contributed by atoms with E-state index in [1.165, 1.54) is 64.2 Å². The van der Waals surface area contributed by atoms with Gasteiger partial charge in [-0.3, -0.25) is 0 Å². The predicted octanol–water partition coefficient (Wildman–Crippen LogP) is 8.57. The minimum Gasteiger partial charge on any atom is -0.491 e. The molecule has 0 aromatic heterocycles. The van der Waals surface area contributed by atoms with E-state index in [0.29, 0.717) is 12.4 Å². The molecule has 3 heteroatoms. The molecule has 0 saturated heterocycles. The highest BCUT2D eigenvalue weighted by Gasteiger charge is 2.29. The molecule has 1 unspecified atom stereocenters. The molecule has 2 nitrogen and oxygen atoms in total. The Bertz CT molecular complexity index is 669. The van der Waals surface area contributed by atoms with Crippen molar-refractivity contribution in [2.75, 3.05) is 6.61 Å². The third-order valence-corrected chi connectivity index (χ3v) is 6.31. The van der Waals surface area contributed by atoms with Crippen LogP contribution in [0.15, 0.2) is 42.6 Å².